The quantitative estimate of drug-likeness (QED) is 0.661. The number of carbonyl (C=O) groups is 2. The topological polar surface area (TPSA) is 94.1 Å². The van der Waals surface area contributed by atoms with Crippen molar-refractivity contribution in [3.05, 3.63) is 29.8 Å². The number of benzene rings is 1. The van der Waals surface area contributed by atoms with E-state index in [1.54, 1.807) is 7.11 Å². The van der Waals surface area contributed by atoms with E-state index in [0.29, 0.717) is 32.6 Å². The fourth-order valence-electron chi connectivity index (χ4n) is 2.45. The molecular weight excluding hydrogens is 314 g/mol. The molecule has 0 bridgehead atoms. The minimum atomic E-state index is -1.02. The number of carbonyl (C=O) groups excluding carboxylic acids is 1. The number of hydrogen-bond donors (Lipinski definition) is 2. The molecule has 1 saturated heterocycles. The molecule has 1 amide bonds. The standard InChI is InChI=1S/C17H23NO6/c1-22-8-3-9-23-13-5-2-4-12(10-13)11-18-16(19)14-6-7-15(24-14)17(20)21/h2,4-5,10,14-15H,3,6-9,11H2,1H3,(H,18,19)(H,20,21)/t14-,15+/m0/s1. The summed E-state index contributed by atoms with van der Waals surface area (Å²) >= 11 is 0. The molecule has 0 radical (unpaired) electrons. The monoisotopic (exact) mass is 337 g/mol. The Balaban J connectivity index is 1.77. The summed E-state index contributed by atoms with van der Waals surface area (Å²) in [6.07, 6.45) is 0.00870. The van der Waals surface area contributed by atoms with Crippen LogP contribution in [0.2, 0.25) is 0 Å². The number of rotatable bonds is 9. The number of aliphatic carboxylic acids is 1. The first-order valence-electron chi connectivity index (χ1n) is 7.97. The van der Waals surface area contributed by atoms with E-state index in [1.165, 1.54) is 0 Å². The van der Waals surface area contributed by atoms with Gasteiger partial charge in [0.2, 0.25) is 5.91 Å². The van der Waals surface area contributed by atoms with Crippen LogP contribution in [0.5, 0.6) is 5.75 Å². The van der Waals surface area contributed by atoms with Gasteiger partial charge in [-0.1, -0.05) is 12.1 Å². The third-order valence-corrected chi connectivity index (χ3v) is 3.71. The summed E-state index contributed by atoms with van der Waals surface area (Å²) in [7, 11) is 1.65. The van der Waals surface area contributed by atoms with Gasteiger partial charge in [-0.05, 0) is 30.5 Å². The normalized spacial score (nSPS) is 19.9. The van der Waals surface area contributed by atoms with Crippen LogP contribution in [0.3, 0.4) is 0 Å². The van der Waals surface area contributed by atoms with Crippen molar-refractivity contribution in [2.24, 2.45) is 0 Å². The number of methoxy groups -OCH3 is 1. The van der Waals surface area contributed by atoms with Gasteiger partial charge in [-0.3, -0.25) is 4.79 Å². The zero-order valence-corrected chi connectivity index (χ0v) is 13.7. The first-order chi connectivity index (χ1) is 11.6. The van der Waals surface area contributed by atoms with Crippen LogP contribution in [0, 0.1) is 0 Å². The molecule has 132 valence electrons. The van der Waals surface area contributed by atoms with Crippen LogP contribution in [-0.4, -0.2) is 49.5 Å². The van der Waals surface area contributed by atoms with Crippen LogP contribution in [0.4, 0.5) is 0 Å². The molecule has 7 heteroatoms. The van der Waals surface area contributed by atoms with Crippen LogP contribution in [-0.2, 0) is 25.6 Å². The average Bonchev–Trinajstić information content (AvgIpc) is 3.07. The molecule has 24 heavy (non-hydrogen) atoms. The SMILES string of the molecule is COCCCOc1cccc(CNC(=O)[C@@H]2CC[C@H](C(=O)O)O2)c1. The first kappa shape index (κ1) is 18.2. The van der Waals surface area contributed by atoms with Crippen molar-refractivity contribution >= 4 is 11.9 Å². The highest BCUT2D eigenvalue weighted by molar-refractivity contribution is 5.82. The second kappa shape index (κ2) is 9.24. The number of carboxylic acids is 1. The van der Waals surface area contributed by atoms with Crippen molar-refractivity contribution in [3.63, 3.8) is 0 Å². The maximum absolute atomic E-state index is 12.0. The van der Waals surface area contributed by atoms with Crippen molar-refractivity contribution in [3.8, 4) is 5.75 Å². The molecule has 0 aliphatic carbocycles. The Hall–Kier alpha value is -2.12. The van der Waals surface area contributed by atoms with Gasteiger partial charge in [0.05, 0.1) is 6.61 Å². The Kier molecular flexibility index (Phi) is 7.02. The van der Waals surface area contributed by atoms with Gasteiger partial charge >= 0.3 is 5.97 Å². The Morgan fingerprint density at radius 2 is 2.08 bits per heavy atom. The lowest BCUT2D eigenvalue weighted by Gasteiger charge is -2.12. The molecule has 2 atom stereocenters. The third kappa shape index (κ3) is 5.50. The van der Waals surface area contributed by atoms with Crippen LogP contribution in [0.15, 0.2) is 24.3 Å². The second-order valence-corrected chi connectivity index (χ2v) is 5.59. The summed E-state index contributed by atoms with van der Waals surface area (Å²) < 4.78 is 15.8. The number of carboxylic acid groups (broad SMARTS) is 1. The van der Waals surface area contributed by atoms with Crippen molar-refractivity contribution in [1.29, 1.82) is 0 Å². The van der Waals surface area contributed by atoms with Gasteiger partial charge in [0.15, 0.2) is 6.10 Å². The van der Waals surface area contributed by atoms with E-state index < -0.39 is 18.2 Å². The molecule has 2 N–H and O–H groups in total. The summed E-state index contributed by atoms with van der Waals surface area (Å²) in [5.74, 6) is -0.574. The van der Waals surface area contributed by atoms with Gasteiger partial charge in [-0.2, -0.15) is 0 Å². The molecule has 7 nitrogen and oxygen atoms in total. The highest BCUT2D eigenvalue weighted by Gasteiger charge is 2.34. The van der Waals surface area contributed by atoms with E-state index in [-0.39, 0.29) is 5.91 Å². The Morgan fingerprint density at radius 3 is 2.79 bits per heavy atom. The van der Waals surface area contributed by atoms with Crippen molar-refractivity contribution in [2.45, 2.75) is 38.0 Å². The fraction of sp³-hybridized carbons (Fsp3) is 0.529. The first-order valence-corrected chi connectivity index (χ1v) is 7.97. The molecule has 1 aromatic carbocycles. The van der Waals surface area contributed by atoms with Gasteiger partial charge in [0.1, 0.15) is 11.9 Å². The second-order valence-electron chi connectivity index (χ2n) is 5.59. The predicted octanol–water partition coefficient (Wildman–Crippen LogP) is 1.35. The highest BCUT2D eigenvalue weighted by atomic mass is 16.5. The van der Waals surface area contributed by atoms with Gasteiger partial charge < -0.3 is 24.6 Å². The molecular formula is C17H23NO6. The number of hydrogen-bond acceptors (Lipinski definition) is 5. The molecule has 1 fully saturated rings. The summed E-state index contributed by atoms with van der Waals surface area (Å²) in [5.41, 5.74) is 0.903. The van der Waals surface area contributed by atoms with E-state index in [9.17, 15) is 9.59 Å². The Labute approximate surface area is 140 Å². The van der Waals surface area contributed by atoms with E-state index in [1.807, 2.05) is 24.3 Å². The van der Waals surface area contributed by atoms with Crippen molar-refractivity contribution < 1.29 is 28.9 Å². The van der Waals surface area contributed by atoms with E-state index in [0.717, 1.165) is 17.7 Å². The van der Waals surface area contributed by atoms with Crippen molar-refractivity contribution in [2.75, 3.05) is 20.3 Å². The molecule has 0 aromatic heterocycles. The molecule has 1 aliphatic rings. The third-order valence-electron chi connectivity index (χ3n) is 3.71. The number of nitrogens with one attached hydrogen (secondary N) is 1. The smallest absolute Gasteiger partial charge is 0.332 e. The molecule has 1 aromatic rings. The maximum atomic E-state index is 12.0. The van der Waals surface area contributed by atoms with E-state index >= 15 is 0 Å². The van der Waals surface area contributed by atoms with Gasteiger partial charge in [0, 0.05) is 26.7 Å². The zero-order chi connectivity index (χ0) is 17.4. The van der Waals surface area contributed by atoms with Crippen LogP contribution in [0.1, 0.15) is 24.8 Å². The number of ether oxygens (including phenoxy) is 3. The summed E-state index contributed by atoms with van der Waals surface area (Å²) in [6.45, 7) is 1.55. The summed E-state index contributed by atoms with van der Waals surface area (Å²) in [5, 5.41) is 11.6. The van der Waals surface area contributed by atoms with Crippen LogP contribution < -0.4 is 10.1 Å². The molecule has 1 heterocycles. The average molecular weight is 337 g/mol. The van der Waals surface area contributed by atoms with Crippen LogP contribution >= 0.6 is 0 Å². The molecule has 0 spiro atoms. The Morgan fingerprint density at radius 1 is 1.29 bits per heavy atom. The molecule has 1 aliphatic heterocycles. The largest absolute Gasteiger partial charge is 0.493 e. The zero-order valence-electron chi connectivity index (χ0n) is 13.7. The number of amides is 1. The lowest BCUT2D eigenvalue weighted by molar-refractivity contribution is -0.151. The molecule has 0 saturated carbocycles. The minimum Gasteiger partial charge on any atom is -0.493 e. The van der Waals surface area contributed by atoms with Crippen LogP contribution in [0.25, 0.3) is 0 Å². The molecule has 0 unspecified atom stereocenters. The Bertz CT molecular complexity index is 562. The summed E-state index contributed by atoms with van der Waals surface area (Å²) in [6, 6.07) is 7.47. The summed E-state index contributed by atoms with van der Waals surface area (Å²) in [4.78, 5) is 22.9. The fourth-order valence-corrected chi connectivity index (χ4v) is 2.45. The van der Waals surface area contributed by atoms with E-state index in [4.69, 9.17) is 19.3 Å². The highest BCUT2D eigenvalue weighted by Crippen LogP contribution is 2.20. The lowest BCUT2D eigenvalue weighted by Crippen LogP contribution is -2.35. The lowest BCUT2D eigenvalue weighted by atomic mass is 10.1. The van der Waals surface area contributed by atoms with Gasteiger partial charge in [0.25, 0.3) is 0 Å². The maximum Gasteiger partial charge on any atom is 0.332 e. The minimum absolute atomic E-state index is 0.287. The van der Waals surface area contributed by atoms with Gasteiger partial charge in [-0.25, -0.2) is 4.79 Å². The van der Waals surface area contributed by atoms with Crippen molar-refractivity contribution in [1.82, 2.24) is 5.32 Å². The van der Waals surface area contributed by atoms with Gasteiger partial charge in [-0.15, -0.1) is 0 Å². The predicted molar refractivity (Wildman–Crippen MR) is 85.8 cm³/mol. The molecule has 2 rings (SSSR count). The van der Waals surface area contributed by atoms with E-state index in [2.05, 4.69) is 5.32 Å².